The van der Waals surface area contributed by atoms with Gasteiger partial charge in [0.15, 0.2) is 6.10 Å². The summed E-state index contributed by atoms with van der Waals surface area (Å²) in [5, 5.41) is 8.73. The van der Waals surface area contributed by atoms with Crippen LogP contribution in [-0.4, -0.2) is 35.7 Å². The topological polar surface area (TPSA) is 125 Å². The summed E-state index contributed by atoms with van der Waals surface area (Å²) in [5.41, 5.74) is 10.7. The van der Waals surface area contributed by atoms with Crippen LogP contribution < -0.4 is 11.5 Å². The van der Waals surface area contributed by atoms with Crippen LogP contribution in [0.5, 0.6) is 0 Å². The van der Waals surface area contributed by atoms with Gasteiger partial charge in [-0.2, -0.15) is 0 Å². The molecule has 0 saturated carbocycles. The Kier molecular flexibility index (Phi) is 7.44. The molecule has 0 rings (SSSR count). The second-order valence-electron chi connectivity index (χ2n) is 3.37. The largest absolute Gasteiger partial charge is 0.383 e. The van der Waals surface area contributed by atoms with Crippen LogP contribution in [0.1, 0.15) is 26.2 Å². The molecular weight excluding hydrogens is 216 g/mol. The fourth-order valence-electron chi connectivity index (χ4n) is 0.840. The van der Waals surface area contributed by atoms with E-state index in [1.807, 2.05) is 0 Å². The lowest BCUT2D eigenvalue weighted by Crippen LogP contribution is -2.34. The number of aliphatic hydroxyl groups is 1. The number of unbranched alkanes of at least 4 members (excludes halogenated alkanes) is 1. The molecule has 94 valence electrons. The Morgan fingerprint density at radius 3 is 2.31 bits per heavy atom. The van der Waals surface area contributed by atoms with Gasteiger partial charge in [0, 0.05) is 0 Å². The van der Waals surface area contributed by atoms with Crippen LogP contribution in [-0.2, 0) is 19.4 Å². The van der Waals surface area contributed by atoms with Crippen molar-refractivity contribution >= 4 is 11.9 Å². The molecule has 1 unspecified atom stereocenters. The number of rotatable bonds is 6. The second kappa shape index (κ2) is 8.03. The minimum atomic E-state index is -1.35. The fraction of sp³-hybridized carbons (Fsp3) is 0.778. The van der Waals surface area contributed by atoms with Crippen molar-refractivity contribution in [1.29, 1.82) is 0 Å². The summed E-state index contributed by atoms with van der Waals surface area (Å²) >= 11 is 0. The highest BCUT2D eigenvalue weighted by atomic mass is 17.2. The zero-order valence-electron chi connectivity index (χ0n) is 9.22. The first kappa shape index (κ1) is 14.8. The Labute approximate surface area is 93.6 Å². The van der Waals surface area contributed by atoms with Crippen molar-refractivity contribution in [3.05, 3.63) is 0 Å². The van der Waals surface area contributed by atoms with Crippen LogP contribution in [0.15, 0.2) is 0 Å². The molecule has 0 aromatic heterocycles. The van der Waals surface area contributed by atoms with Gasteiger partial charge in [0.25, 0.3) is 0 Å². The molecule has 5 N–H and O–H groups in total. The fourth-order valence-corrected chi connectivity index (χ4v) is 0.840. The standard InChI is InChI=1S/C9H18N2O5/c1-6(12)8(13)15-16-9(14)7(11)4-2-3-5-10/h6-7,12H,2-5,10-11H2,1H3/t6-,7?/m1/s1. The first-order valence-corrected chi connectivity index (χ1v) is 5.05. The van der Waals surface area contributed by atoms with Gasteiger partial charge in [-0.25, -0.2) is 19.4 Å². The average Bonchev–Trinajstić information content (AvgIpc) is 2.25. The number of hydrogen-bond donors (Lipinski definition) is 3. The molecule has 0 radical (unpaired) electrons. The first-order chi connectivity index (χ1) is 7.49. The van der Waals surface area contributed by atoms with Crippen LogP contribution in [0.2, 0.25) is 0 Å². The van der Waals surface area contributed by atoms with Crippen LogP contribution >= 0.6 is 0 Å². The molecule has 0 aliphatic carbocycles. The van der Waals surface area contributed by atoms with Crippen LogP contribution in [0.4, 0.5) is 0 Å². The van der Waals surface area contributed by atoms with Gasteiger partial charge in [-0.05, 0) is 26.3 Å². The lowest BCUT2D eigenvalue weighted by molar-refractivity contribution is -0.264. The summed E-state index contributed by atoms with van der Waals surface area (Å²) in [6.07, 6.45) is 0.509. The Hall–Kier alpha value is -1.18. The third kappa shape index (κ3) is 6.33. The number of carbonyl (C=O) groups is 2. The maximum absolute atomic E-state index is 11.1. The van der Waals surface area contributed by atoms with Gasteiger partial charge in [-0.3, -0.25) is 0 Å². The molecule has 0 fully saturated rings. The summed E-state index contributed by atoms with van der Waals surface area (Å²) < 4.78 is 0. The number of nitrogens with two attached hydrogens (primary N) is 2. The average molecular weight is 234 g/mol. The predicted molar refractivity (Wildman–Crippen MR) is 54.7 cm³/mol. The van der Waals surface area contributed by atoms with E-state index in [9.17, 15) is 9.59 Å². The molecule has 0 aliphatic rings. The van der Waals surface area contributed by atoms with Gasteiger partial charge in [0.2, 0.25) is 0 Å². The van der Waals surface area contributed by atoms with Gasteiger partial charge in [0.05, 0.1) is 0 Å². The van der Waals surface area contributed by atoms with Crippen molar-refractivity contribution in [3.8, 4) is 0 Å². The normalized spacial score (nSPS) is 14.0. The van der Waals surface area contributed by atoms with Crippen LogP contribution in [0.25, 0.3) is 0 Å². The SMILES string of the molecule is C[C@@H](O)C(=O)OOC(=O)C(N)CCCCN. The van der Waals surface area contributed by atoms with Gasteiger partial charge < -0.3 is 16.6 Å². The zero-order chi connectivity index (χ0) is 12.6. The van der Waals surface area contributed by atoms with E-state index in [0.717, 1.165) is 6.42 Å². The van der Waals surface area contributed by atoms with E-state index in [2.05, 4.69) is 9.78 Å². The first-order valence-electron chi connectivity index (χ1n) is 5.05. The monoisotopic (exact) mass is 234 g/mol. The van der Waals surface area contributed by atoms with Crippen molar-refractivity contribution in [2.45, 2.75) is 38.3 Å². The van der Waals surface area contributed by atoms with Crippen molar-refractivity contribution in [1.82, 2.24) is 0 Å². The van der Waals surface area contributed by atoms with Gasteiger partial charge in [0.1, 0.15) is 6.04 Å². The number of hydrogen-bond acceptors (Lipinski definition) is 7. The van der Waals surface area contributed by atoms with Crippen molar-refractivity contribution in [3.63, 3.8) is 0 Å². The number of aliphatic hydroxyl groups excluding tert-OH is 1. The lowest BCUT2D eigenvalue weighted by Gasteiger charge is -2.09. The molecular formula is C9H18N2O5. The molecule has 0 bridgehead atoms. The zero-order valence-corrected chi connectivity index (χ0v) is 9.22. The van der Waals surface area contributed by atoms with Crippen molar-refractivity contribution in [2.75, 3.05) is 6.54 Å². The summed E-state index contributed by atoms with van der Waals surface area (Å²) in [6, 6.07) is -0.853. The van der Waals surface area contributed by atoms with E-state index in [1.165, 1.54) is 6.92 Å². The molecule has 0 aromatic carbocycles. The molecule has 16 heavy (non-hydrogen) atoms. The van der Waals surface area contributed by atoms with Crippen molar-refractivity contribution in [2.24, 2.45) is 11.5 Å². The van der Waals surface area contributed by atoms with E-state index in [1.54, 1.807) is 0 Å². The molecule has 2 atom stereocenters. The van der Waals surface area contributed by atoms with Gasteiger partial charge in [-0.1, -0.05) is 6.42 Å². The minimum absolute atomic E-state index is 0.405. The molecule has 0 spiro atoms. The van der Waals surface area contributed by atoms with E-state index >= 15 is 0 Å². The smallest absolute Gasteiger partial charge is 0.382 e. The minimum Gasteiger partial charge on any atom is -0.382 e. The predicted octanol–water partition coefficient (Wildman–Crippen LogP) is -1.18. The summed E-state index contributed by atoms with van der Waals surface area (Å²) in [6.45, 7) is 1.72. The highest BCUT2D eigenvalue weighted by molar-refractivity contribution is 5.77. The van der Waals surface area contributed by atoms with E-state index < -0.39 is 24.1 Å². The highest BCUT2D eigenvalue weighted by Gasteiger charge is 2.19. The Bertz CT molecular complexity index is 232. The molecule has 0 aromatic rings. The van der Waals surface area contributed by atoms with E-state index in [0.29, 0.717) is 19.4 Å². The summed E-state index contributed by atoms with van der Waals surface area (Å²) in [5.74, 6) is -1.88. The third-order valence-corrected chi connectivity index (χ3v) is 1.82. The quantitative estimate of drug-likeness (QED) is 0.300. The molecule has 0 aliphatic heterocycles. The number of carbonyl (C=O) groups excluding carboxylic acids is 2. The highest BCUT2D eigenvalue weighted by Crippen LogP contribution is 2.00. The summed E-state index contributed by atoms with van der Waals surface area (Å²) in [7, 11) is 0. The van der Waals surface area contributed by atoms with Gasteiger partial charge in [-0.15, -0.1) is 0 Å². The Morgan fingerprint density at radius 2 is 1.81 bits per heavy atom. The van der Waals surface area contributed by atoms with Gasteiger partial charge >= 0.3 is 11.9 Å². The maximum Gasteiger partial charge on any atom is 0.383 e. The maximum atomic E-state index is 11.1. The van der Waals surface area contributed by atoms with E-state index in [4.69, 9.17) is 16.6 Å². The Morgan fingerprint density at radius 1 is 1.25 bits per heavy atom. The summed E-state index contributed by atoms with van der Waals surface area (Å²) in [4.78, 5) is 30.1. The third-order valence-electron chi connectivity index (χ3n) is 1.82. The molecule has 0 amide bonds. The molecule has 7 heteroatoms. The van der Waals surface area contributed by atoms with Crippen LogP contribution in [0, 0.1) is 0 Å². The molecule has 0 saturated heterocycles. The molecule has 7 nitrogen and oxygen atoms in total. The Balaban J connectivity index is 3.75. The lowest BCUT2D eigenvalue weighted by atomic mass is 10.1. The van der Waals surface area contributed by atoms with Crippen LogP contribution in [0.3, 0.4) is 0 Å². The second-order valence-corrected chi connectivity index (χ2v) is 3.37. The molecule has 0 heterocycles. The van der Waals surface area contributed by atoms with E-state index in [-0.39, 0.29) is 0 Å². The van der Waals surface area contributed by atoms with Crippen molar-refractivity contribution < 1.29 is 24.5 Å².